The molecule has 1 unspecified atom stereocenters. The maximum Gasteiger partial charge on any atom is 0.233 e. The molecule has 2 nitrogen and oxygen atoms in total. The zero-order valence-electron chi connectivity index (χ0n) is 8.68. The van der Waals surface area contributed by atoms with Crippen LogP contribution in [-0.2, 0) is 4.79 Å². The molecule has 0 aromatic heterocycles. The lowest BCUT2D eigenvalue weighted by atomic mass is 9.97. The Balaban J connectivity index is 2.14. The molecule has 0 fully saturated rings. The number of halogens is 1. The van der Waals surface area contributed by atoms with Gasteiger partial charge in [0.15, 0.2) is 0 Å². The normalized spacial score (nSPS) is 18.6. The first kappa shape index (κ1) is 11.8. The van der Waals surface area contributed by atoms with E-state index in [1.807, 2.05) is 6.92 Å². The molecular formula is C11H18BrNO. The van der Waals surface area contributed by atoms with Crippen LogP contribution in [0.25, 0.3) is 0 Å². The lowest BCUT2D eigenvalue weighted by Gasteiger charge is -2.13. The third-order valence-corrected chi connectivity index (χ3v) is 2.91. The summed E-state index contributed by atoms with van der Waals surface area (Å²) in [5.74, 6) is 0.0846. The molecule has 1 amide bonds. The van der Waals surface area contributed by atoms with Gasteiger partial charge in [0.05, 0.1) is 4.83 Å². The van der Waals surface area contributed by atoms with Crippen LogP contribution in [0.4, 0.5) is 0 Å². The van der Waals surface area contributed by atoms with Gasteiger partial charge in [0.1, 0.15) is 0 Å². The van der Waals surface area contributed by atoms with Gasteiger partial charge in [0, 0.05) is 6.54 Å². The Bertz CT molecular complexity index is 223. The van der Waals surface area contributed by atoms with Crippen LogP contribution < -0.4 is 5.32 Å². The summed E-state index contributed by atoms with van der Waals surface area (Å²) in [6, 6.07) is 0. The lowest BCUT2D eigenvalue weighted by molar-refractivity contribution is -0.120. The summed E-state index contributed by atoms with van der Waals surface area (Å²) in [4.78, 5) is 11.1. The predicted molar refractivity (Wildman–Crippen MR) is 62.6 cm³/mol. The van der Waals surface area contributed by atoms with Gasteiger partial charge >= 0.3 is 0 Å². The van der Waals surface area contributed by atoms with Crippen LogP contribution in [0.15, 0.2) is 11.6 Å². The number of alkyl halides is 1. The van der Waals surface area contributed by atoms with Gasteiger partial charge in [0.2, 0.25) is 5.91 Å². The highest BCUT2D eigenvalue weighted by atomic mass is 79.9. The smallest absolute Gasteiger partial charge is 0.233 e. The lowest BCUT2D eigenvalue weighted by Crippen LogP contribution is -2.30. The van der Waals surface area contributed by atoms with Crippen molar-refractivity contribution < 1.29 is 4.79 Å². The first-order valence-corrected chi connectivity index (χ1v) is 6.21. The zero-order chi connectivity index (χ0) is 10.4. The second kappa shape index (κ2) is 6.23. The van der Waals surface area contributed by atoms with Crippen molar-refractivity contribution in [1.29, 1.82) is 0 Å². The van der Waals surface area contributed by atoms with E-state index in [0.717, 1.165) is 13.0 Å². The molecular weight excluding hydrogens is 242 g/mol. The first-order valence-electron chi connectivity index (χ1n) is 5.30. The minimum absolute atomic E-state index is 0.0807. The standard InChI is InChI=1S/C11H18BrNO/c1-9(12)11(14)13-8-7-10-5-3-2-4-6-10/h5,9H,2-4,6-8H2,1H3,(H,13,14). The molecule has 1 aliphatic carbocycles. The summed E-state index contributed by atoms with van der Waals surface area (Å²) in [5.41, 5.74) is 1.51. The molecule has 80 valence electrons. The molecule has 0 aliphatic heterocycles. The maximum absolute atomic E-state index is 11.2. The minimum atomic E-state index is -0.0807. The fourth-order valence-electron chi connectivity index (χ4n) is 1.62. The molecule has 1 rings (SSSR count). The van der Waals surface area contributed by atoms with E-state index in [-0.39, 0.29) is 10.7 Å². The Labute approximate surface area is 94.3 Å². The molecule has 0 aromatic rings. The number of rotatable bonds is 4. The van der Waals surface area contributed by atoms with Crippen LogP contribution in [0, 0.1) is 0 Å². The molecule has 0 aromatic carbocycles. The second-order valence-electron chi connectivity index (χ2n) is 3.77. The molecule has 1 N–H and O–H groups in total. The van der Waals surface area contributed by atoms with Crippen molar-refractivity contribution in [2.75, 3.05) is 6.54 Å². The van der Waals surface area contributed by atoms with Crippen molar-refractivity contribution in [3.8, 4) is 0 Å². The number of nitrogens with one attached hydrogen (secondary N) is 1. The van der Waals surface area contributed by atoms with Crippen molar-refractivity contribution in [1.82, 2.24) is 5.32 Å². The van der Waals surface area contributed by atoms with Crippen LogP contribution >= 0.6 is 15.9 Å². The van der Waals surface area contributed by atoms with Gasteiger partial charge in [0.25, 0.3) is 0 Å². The number of hydrogen-bond donors (Lipinski definition) is 1. The van der Waals surface area contributed by atoms with Crippen molar-refractivity contribution in [2.45, 2.75) is 43.9 Å². The molecule has 1 aliphatic rings. The molecule has 0 heterocycles. The molecule has 14 heavy (non-hydrogen) atoms. The number of carbonyl (C=O) groups is 1. The van der Waals surface area contributed by atoms with Crippen molar-refractivity contribution in [3.63, 3.8) is 0 Å². The molecule has 0 radical (unpaired) electrons. The van der Waals surface area contributed by atoms with Crippen LogP contribution in [0.5, 0.6) is 0 Å². The molecule has 0 saturated carbocycles. The SMILES string of the molecule is CC(Br)C(=O)NCCC1=CCCCC1. The molecule has 3 heteroatoms. The van der Waals surface area contributed by atoms with Crippen LogP contribution in [-0.4, -0.2) is 17.3 Å². The quantitative estimate of drug-likeness (QED) is 0.611. The molecule has 0 spiro atoms. The third kappa shape index (κ3) is 4.27. The van der Waals surface area contributed by atoms with Gasteiger partial charge in [-0.3, -0.25) is 4.79 Å². The maximum atomic E-state index is 11.2. The largest absolute Gasteiger partial charge is 0.355 e. The Morgan fingerprint density at radius 1 is 1.64 bits per heavy atom. The number of hydrogen-bond acceptors (Lipinski definition) is 1. The third-order valence-electron chi connectivity index (χ3n) is 2.49. The fourth-order valence-corrected chi connectivity index (χ4v) is 1.78. The van der Waals surface area contributed by atoms with Gasteiger partial charge in [-0.1, -0.05) is 27.6 Å². The van der Waals surface area contributed by atoms with Gasteiger partial charge in [-0.25, -0.2) is 0 Å². The first-order chi connectivity index (χ1) is 6.70. The average molecular weight is 260 g/mol. The topological polar surface area (TPSA) is 29.1 Å². The molecule has 1 atom stereocenters. The Morgan fingerprint density at radius 2 is 2.43 bits per heavy atom. The summed E-state index contributed by atoms with van der Waals surface area (Å²) >= 11 is 3.24. The van der Waals surface area contributed by atoms with E-state index in [2.05, 4.69) is 27.3 Å². The van der Waals surface area contributed by atoms with Crippen molar-refractivity contribution in [2.24, 2.45) is 0 Å². The summed E-state index contributed by atoms with van der Waals surface area (Å²) < 4.78 is 0. The Morgan fingerprint density at radius 3 is 3.00 bits per heavy atom. The van der Waals surface area contributed by atoms with E-state index in [9.17, 15) is 4.79 Å². The summed E-state index contributed by atoms with van der Waals surface area (Å²) in [6.45, 7) is 2.62. The summed E-state index contributed by atoms with van der Waals surface area (Å²) in [6.07, 6.45) is 8.43. The monoisotopic (exact) mass is 259 g/mol. The van der Waals surface area contributed by atoms with Crippen LogP contribution in [0.1, 0.15) is 39.0 Å². The summed E-state index contributed by atoms with van der Waals surface area (Å²) in [5, 5.41) is 2.90. The number of amides is 1. The highest BCUT2D eigenvalue weighted by Crippen LogP contribution is 2.19. The van der Waals surface area contributed by atoms with Crippen LogP contribution in [0.3, 0.4) is 0 Å². The molecule has 0 bridgehead atoms. The highest BCUT2D eigenvalue weighted by Gasteiger charge is 2.08. The number of carbonyl (C=O) groups excluding carboxylic acids is 1. The van der Waals surface area contributed by atoms with E-state index >= 15 is 0 Å². The van der Waals surface area contributed by atoms with Crippen molar-refractivity contribution >= 4 is 21.8 Å². The van der Waals surface area contributed by atoms with Gasteiger partial charge in [-0.15, -0.1) is 0 Å². The fraction of sp³-hybridized carbons (Fsp3) is 0.727. The Kier molecular flexibility index (Phi) is 5.23. The highest BCUT2D eigenvalue weighted by molar-refractivity contribution is 9.10. The van der Waals surface area contributed by atoms with Gasteiger partial charge in [-0.2, -0.15) is 0 Å². The zero-order valence-corrected chi connectivity index (χ0v) is 10.3. The summed E-state index contributed by atoms with van der Waals surface area (Å²) in [7, 11) is 0. The van der Waals surface area contributed by atoms with E-state index in [1.54, 1.807) is 0 Å². The van der Waals surface area contributed by atoms with Gasteiger partial charge < -0.3 is 5.32 Å². The predicted octanol–water partition coefficient (Wildman–Crippen LogP) is 2.78. The second-order valence-corrected chi connectivity index (χ2v) is 5.14. The van der Waals surface area contributed by atoms with E-state index < -0.39 is 0 Å². The van der Waals surface area contributed by atoms with E-state index in [1.165, 1.54) is 31.3 Å². The van der Waals surface area contributed by atoms with Gasteiger partial charge in [-0.05, 0) is 39.0 Å². The average Bonchev–Trinajstić information content (AvgIpc) is 2.19. The van der Waals surface area contributed by atoms with Crippen molar-refractivity contribution in [3.05, 3.63) is 11.6 Å². The molecule has 0 saturated heterocycles. The number of allylic oxidation sites excluding steroid dienone is 1. The van der Waals surface area contributed by atoms with E-state index in [0.29, 0.717) is 0 Å². The minimum Gasteiger partial charge on any atom is -0.355 e. The van der Waals surface area contributed by atoms with E-state index in [4.69, 9.17) is 0 Å². The van der Waals surface area contributed by atoms with Crippen LogP contribution in [0.2, 0.25) is 0 Å². The Hall–Kier alpha value is -0.310.